The largest absolute Gasteiger partial charge is 0.253 e. The number of fused-ring (bicyclic) bond motifs is 2. The van der Waals surface area contributed by atoms with Crippen LogP contribution < -0.4 is 0 Å². The van der Waals surface area contributed by atoms with Crippen molar-refractivity contribution in [2.45, 2.75) is 53.7 Å². The van der Waals surface area contributed by atoms with Crippen LogP contribution in [-0.2, 0) is 10.0 Å². The average molecular weight is 350 g/mol. The molecule has 0 N–H and O–H groups in total. The van der Waals surface area contributed by atoms with E-state index in [1.807, 2.05) is 13.0 Å². The summed E-state index contributed by atoms with van der Waals surface area (Å²) in [6.45, 7) is 1.95. The topological polar surface area (TPSA) is 37.4 Å². The van der Waals surface area contributed by atoms with Crippen molar-refractivity contribution in [1.29, 1.82) is 0 Å². The molecule has 2 atom stereocenters. The molecule has 3 nitrogen and oxygen atoms in total. The van der Waals surface area contributed by atoms with E-state index in [9.17, 15) is 8.42 Å². The van der Waals surface area contributed by atoms with Crippen molar-refractivity contribution >= 4 is 37.3 Å². The van der Waals surface area contributed by atoms with Gasteiger partial charge in [0.25, 0.3) is 10.0 Å². The van der Waals surface area contributed by atoms with Crippen LogP contribution >= 0.6 is 27.3 Å². The van der Waals surface area contributed by atoms with Gasteiger partial charge in [-0.3, -0.25) is 0 Å². The first kappa shape index (κ1) is 13.1. The average Bonchev–Trinajstić information content (AvgIpc) is 2.83. The Bertz CT molecular complexity index is 540. The Labute approximate surface area is 120 Å². The Morgan fingerprint density at radius 1 is 1.28 bits per heavy atom. The van der Waals surface area contributed by atoms with Gasteiger partial charge in [0, 0.05) is 21.8 Å². The normalized spacial score (nSPS) is 32.9. The maximum absolute atomic E-state index is 12.7. The van der Waals surface area contributed by atoms with Gasteiger partial charge in [0.1, 0.15) is 4.21 Å². The quantitative estimate of drug-likeness (QED) is 0.769. The first-order valence-corrected chi connectivity index (χ1v) is 9.40. The molecule has 100 valence electrons. The van der Waals surface area contributed by atoms with E-state index >= 15 is 0 Å². The second kappa shape index (κ2) is 4.58. The van der Waals surface area contributed by atoms with E-state index in [0.29, 0.717) is 9.04 Å². The molecule has 1 aromatic heterocycles. The van der Waals surface area contributed by atoms with Crippen molar-refractivity contribution < 1.29 is 8.42 Å². The first-order chi connectivity index (χ1) is 8.48. The van der Waals surface area contributed by atoms with Gasteiger partial charge in [-0.15, -0.1) is 11.3 Å². The molecule has 3 rings (SSSR count). The van der Waals surface area contributed by atoms with Crippen LogP contribution in [0.5, 0.6) is 0 Å². The zero-order chi connectivity index (χ0) is 12.9. The molecule has 2 fully saturated rings. The zero-order valence-corrected chi connectivity index (χ0v) is 13.4. The number of nitrogens with zero attached hydrogens (tertiary/aromatic N) is 1. The molecule has 2 saturated heterocycles. The van der Waals surface area contributed by atoms with Crippen LogP contribution in [0.15, 0.2) is 16.3 Å². The van der Waals surface area contributed by atoms with Crippen LogP contribution in [0.25, 0.3) is 0 Å². The van der Waals surface area contributed by atoms with Gasteiger partial charge in [-0.25, -0.2) is 8.42 Å². The highest BCUT2D eigenvalue weighted by Gasteiger charge is 2.46. The number of alkyl halides is 1. The summed E-state index contributed by atoms with van der Waals surface area (Å²) in [5, 5.41) is 0. The molecule has 2 aliphatic heterocycles. The Morgan fingerprint density at radius 3 is 2.39 bits per heavy atom. The lowest BCUT2D eigenvalue weighted by Crippen LogP contribution is -2.46. The number of rotatable bonds is 2. The number of piperidine rings is 1. The molecule has 3 heterocycles. The van der Waals surface area contributed by atoms with Crippen molar-refractivity contribution in [3.8, 4) is 0 Å². The second-order valence-electron chi connectivity index (χ2n) is 5.15. The maximum atomic E-state index is 12.7. The summed E-state index contributed by atoms with van der Waals surface area (Å²) in [6, 6.07) is 4.02. The highest BCUT2D eigenvalue weighted by Crippen LogP contribution is 2.42. The minimum absolute atomic E-state index is 0.195. The Morgan fingerprint density at radius 2 is 1.89 bits per heavy atom. The smallest absolute Gasteiger partial charge is 0.206 e. The monoisotopic (exact) mass is 349 g/mol. The molecule has 0 amide bonds. The van der Waals surface area contributed by atoms with Crippen molar-refractivity contribution in [2.75, 3.05) is 0 Å². The van der Waals surface area contributed by atoms with E-state index < -0.39 is 10.0 Å². The number of hydrogen-bond donors (Lipinski definition) is 0. The van der Waals surface area contributed by atoms with E-state index in [0.717, 1.165) is 30.6 Å². The van der Waals surface area contributed by atoms with Crippen molar-refractivity contribution in [1.82, 2.24) is 4.31 Å². The van der Waals surface area contributed by atoms with Gasteiger partial charge in [-0.1, -0.05) is 15.9 Å². The number of aryl methyl sites for hydroxylation is 1. The van der Waals surface area contributed by atoms with Gasteiger partial charge >= 0.3 is 0 Å². The Kier molecular flexibility index (Phi) is 3.33. The van der Waals surface area contributed by atoms with Crippen LogP contribution in [0.1, 0.15) is 30.6 Å². The van der Waals surface area contributed by atoms with E-state index in [2.05, 4.69) is 15.9 Å². The first-order valence-electron chi connectivity index (χ1n) is 6.22. The standard InChI is InChI=1S/C12H16BrNO2S2/c1-8-2-5-12(17-8)18(15,16)14-10-3-4-11(14)7-9(13)6-10/h2,5,9-11H,3-4,6-7H2,1H3. The van der Waals surface area contributed by atoms with E-state index in [-0.39, 0.29) is 12.1 Å². The lowest BCUT2D eigenvalue weighted by atomic mass is 10.1. The minimum atomic E-state index is -3.27. The van der Waals surface area contributed by atoms with E-state index in [1.54, 1.807) is 10.4 Å². The molecule has 6 heteroatoms. The summed E-state index contributed by atoms with van der Waals surface area (Å²) < 4.78 is 27.7. The van der Waals surface area contributed by atoms with Gasteiger partial charge < -0.3 is 0 Å². The predicted octanol–water partition coefficient (Wildman–Crippen LogP) is 3.14. The Hall–Kier alpha value is 0.0900. The van der Waals surface area contributed by atoms with Crippen LogP contribution in [0.4, 0.5) is 0 Å². The fraction of sp³-hybridized carbons (Fsp3) is 0.667. The van der Waals surface area contributed by atoms with Crippen LogP contribution in [0, 0.1) is 6.92 Å². The van der Waals surface area contributed by atoms with Gasteiger partial charge in [-0.2, -0.15) is 4.31 Å². The summed E-state index contributed by atoms with van der Waals surface area (Å²) in [7, 11) is -3.27. The predicted molar refractivity (Wildman–Crippen MR) is 76.8 cm³/mol. The van der Waals surface area contributed by atoms with Crippen LogP contribution in [0.3, 0.4) is 0 Å². The SMILES string of the molecule is Cc1ccc(S(=O)(=O)N2C3CCC2CC(Br)C3)s1. The van der Waals surface area contributed by atoms with Gasteiger partial charge in [0.15, 0.2) is 0 Å². The molecule has 18 heavy (non-hydrogen) atoms. The molecule has 0 radical (unpaired) electrons. The minimum Gasteiger partial charge on any atom is -0.206 e. The van der Waals surface area contributed by atoms with Crippen LogP contribution in [0.2, 0.25) is 0 Å². The fourth-order valence-electron chi connectivity index (χ4n) is 3.11. The van der Waals surface area contributed by atoms with Crippen molar-refractivity contribution in [3.63, 3.8) is 0 Å². The molecular weight excluding hydrogens is 334 g/mol. The summed E-state index contributed by atoms with van der Waals surface area (Å²) in [4.78, 5) is 1.53. The number of thiophene rings is 1. The van der Waals surface area contributed by atoms with Crippen molar-refractivity contribution in [2.24, 2.45) is 0 Å². The highest BCUT2D eigenvalue weighted by molar-refractivity contribution is 9.09. The molecule has 2 bridgehead atoms. The molecule has 0 spiro atoms. The van der Waals surface area contributed by atoms with Gasteiger partial charge in [-0.05, 0) is 44.7 Å². The molecular formula is C12H16BrNO2S2. The van der Waals surface area contributed by atoms with Gasteiger partial charge in [0.2, 0.25) is 0 Å². The lowest BCUT2D eigenvalue weighted by molar-refractivity contribution is 0.255. The van der Waals surface area contributed by atoms with Crippen molar-refractivity contribution in [3.05, 3.63) is 17.0 Å². The number of halogens is 1. The van der Waals surface area contributed by atoms with Gasteiger partial charge in [0.05, 0.1) is 0 Å². The molecule has 1 aromatic rings. The second-order valence-corrected chi connectivity index (χ2v) is 9.81. The third-order valence-electron chi connectivity index (χ3n) is 3.86. The molecule has 0 aliphatic carbocycles. The Balaban J connectivity index is 1.96. The number of hydrogen-bond acceptors (Lipinski definition) is 3. The summed E-state index contributed by atoms with van der Waals surface area (Å²) >= 11 is 5.02. The molecule has 0 saturated carbocycles. The summed E-state index contributed by atoms with van der Waals surface area (Å²) in [5.74, 6) is 0. The van der Waals surface area contributed by atoms with E-state index in [1.165, 1.54) is 11.3 Å². The fourth-order valence-corrected chi connectivity index (χ4v) is 7.26. The number of sulfonamides is 1. The maximum Gasteiger partial charge on any atom is 0.253 e. The third kappa shape index (κ3) is 2.07. The molecule has 0 aromatic carbocycles. The highest BCUT2D eigenvalue weighted by atomic mass is 79.9. The molecule has 2 unspecified atom stereocenters. The summed E-state index contributed by atoms with van der Waals surface area (Å²) in [6.07, 6.45) is 3.91. The van der Waals surface area contributed by atoms with E-state index in [4.69, 9.17) is 0 Å². The summed E-state index contributed by atoms with van der Waals surface area (Å²) in [5.41, 5.74) is 0. The lowest BCUT2D eigenvalue weighted by Gasteiger charge is -2.35. The molecule has 2 aliphatic rings. The zero-order valence-electron chi connectivity index (χ0n) is 10.2. The van der Waals surface area contributed by atoms with Crippen LogP contribution in [-0.4, -0.2) is 29.6 Å². The third-order valence-corrected chi connectivity index (χ3v) is 8.08.